The Morgan fingerprint density at radius 1 is 0.677 bits per heavy atom. The number of carboxylic acids is 1. The number of nitrogens with one attached hydrogen (secondary N) is 7. The van der Waals surface area contributed by atoms with Crippen molar-refractivity contribution in [1.82, 2.24) is 46.6 Å². The van der Waals surface area contributed by atoms with E-state index in [2.05, 4.69) is 26.6 Å². The first-order valence-corrected chi connectivity index (χ1v) is 30.8. The summed E-state index contributed by atoms with van der Waals surface area (Å²) in [5.41, 5.74) is 26.7. The van der Waals surface area contributed by atoms with E-state index in [4.69, 9.17) is 34.1 Å². The molecule has 14 atom stereocenters. The molecule has 0 fully saturated rings. The lowest BCUT2D eigenvalue weighted by Crippen LogP contribution is -2.75. The molecular formula is C60H103N15O18. The number of phenols is 1. The second-order valence-electron chi connectivity index (χ2n) is 25.2. The number of aliphatic hydroxyl groups excluding tert-OH is 4. The average Bonchev–Trinajstić information content (AvgIpc) is 0.743. The van der Waals surface area contributed by atoms with Gasteiger partial charge in [0.05, 0.1) is 37.4 Å². The molecule has 1 unspecified atom stereocenters. The highest BCUT2D eigenvalue weighted by molar-refractivity contribution is 6.20. The minimum Gasteiger partial charge on any atom is -0.508 e. The van der Waals surface area contributed by atoms with Crippen LogP contribution in [0.25, 0.3) is 0 Å². The predicted molar refractivity (Wildman–Crippen MR) is 339 cm³/mol. The quantitative estimate of drug-likeness (QED) is 0.0127. The molecule has 1 aromatic rings. The highest BCUT2D eigenvalue weighted by Gasteiger charge is 2.59. The highest BCUT2D eigenvalue weighted by atomic mass is 16.4. The Balaban J connectivity index is 4.44. The van der Waals surface area contributed by atoms with Gasteiger partial charge in [-0.25, -0.2) is 4.79 Å². The van der Waals surface area contributed by atoms with Gasteiger partial charge in [-0.3, -0.25) is 72.8 Å². The Hall–Kier alpha value is -7.79. The van der Waals surface area contributed by atoms with Crippen LogP contribution < -0.4 is 60.6 Å². The summed E-state index contributed by atoms with van der Waals surface area (Å²) in [7, 11) is 3.29. The molecule has 0 heterocycles. The second-order valence-corrected chi connectivity index (χ2v) is 25.2. The monoisotopic (exact) mass is 1320 g/mol. The summed E-state index contributed by atoms with van der Waals surface area (Å²) in [6, 6.07) is -11.2. The molecule has 0 aromatic heterocycles. The van der Waals surface area contributed by atoms with Gasteiger partial charge in [-0.05, 0) is 107 Å². The topological polar surface area (TPSA) is 562 Å². The second kappa shape index (κ2) is 38.4. The number of aromatic hydroxyl groups is 1. The lowest BCUT2D eigenvalue weighted by molar-refractivity contribution is -0.169. The first kappa shape index (κ1) is 83.2. The predicted octanol–water partition coefficient (Wildman–Crippen LogP) is -4.94. The summed E-state index contributed by atoms with van der Waals surface area (Å²) in [6.45, 7) is 14.5. The van der Waals surface area contributed by atoms with Crippen molar-refractivity contribution in [2.75, 3.05) is 33.8 Å². The maximum Gasteiger partial charge on any atom is 0.329 e. The van der Waals surface area contributed by atoms with Gasteiger partial charge in [-0.15, -0.1) is 0 Å². The van der Waals surface area contributed by atoms with Crippen molar-refractivity contribution in [2.24, 2.45) is 58.3 Å². The Morgan fingerprint density at radius 2 is 1.26 bits per heavy atom. The summed E-state index contributed by atoms with van der Waals surface area (Å²) in [4.78, 5) is 174. The lowest BCUT2D eigenvalue weighted by Gasteiger charge is -2.45. The summed E-state index contributed by atoms with van der Waals surface area (Å²) in [6.07, 6.45) is -7.62. The number of hydrogen-bond donors (Lipinski definition) is 18. The van der Waals surface area contributed by atoms with Crippen LogP contribution in [0.2, 0.25) is 0 Å². The van der Waals surface area contributed by atoms with Crippen molar-refractivity contribution >= 4 is 76.8 Å². The fraction of sp³-hybridized carbons (Fsp3) is 0.683. The zero-order valence-electron chi connectivity index (χ0n) is 55.5. The molecule has 33 nitrogen and oxygen atoms in total. The number of aliphatic hydroxyl groups is 4. The standard InChI is InChI=1S/C60H103N15O18/c1-14-32(10)44(53(87)72-45(33(11)77)52(86)68-26-41(79)74(40(27-76)57(91)92)55(89)43(63)47(81)49(64)83)71-50(84)37(19-16-20-67-59(65)66)70-58(93)60(25-30(6)7,48(82)36(61)24-34-17-15-18-35(78)23-34)75(56(90)42(62)46(80)31(8)9)54(88)38(21-28(2)3)69-51(85)39(73(12)13)22-29(4)5/h15,17-18,23,28-33,36-40,42-47,76-78,80-81H,14,16,19-22,24-27,61-63H2,1-13H3,(H2,64,83)(H,68,86)(H,69,85)(H,70,93)(H,71,84)(H,72,87)(H,91,92)(H4,65,66,67)/t32?,33-,36-,37+,38-,39+,40-,42-,43-,44-,45-,46+,47-,60+/m0/s1. The summed E-state index contributed by atoms with van der Waals surface area (Å²) in [5, 5.41) is 84.9. The fourth-order valence-electron chi connectivity index (χ4n) is 10.1. The van der Waals surface area contributed by atoms with Crippen LogP contribution in [0.5, 0.6) is 5.75 Å². The molecule has 33 heteroatoms. The van der Waals surface area contributed by atoms with Gasteiger partial charge in [-0.1, -0.05) is 87.8 Å². The first-order valence-electron chi connectivity index (χ1n) is 30.8. The number of carboxylic acid groups (broad SMARTS) is 1. The Kier molecular flexibility index (Phi) is 34.4. The molecule has 0 bridgehead atoms. The third-order valence-corrected chi connectivity index (χ3v) is 15.4. The normalized spacial score (nSPS) is 16.5. The molecule has 0 spiro atoms. The van der Waals surface area contributed by atoms with Crippen molar-refractivity contribution < 1.29 is 88.2 Å². The lowest BCUT2D eigenvalue weighted by atomic mass is 9.77. The number of hydrogen-bond acceptors (Lipinski definition) is 22. The molecular weight excluding hydrogens is 1220 g/mol. The fourth-order valence-corrected chi connectivity index (χ4v) is 10.1. The number of amides is 10. The van der Waals surface area contributed by atoms with Gasteiger partial charge in [0.15, 0.2) is 29.4 Å². The largest absolute Gasteiger partial charge is 0.508 e. The van der Waals surface area contributed by atoms with Crippen LogP contribution in [-0.4, -0.2) is 234 Å². The zero-order chi connectivity index (χ0) is 71.8. The van der Waals surface area contributed by atoms with Gasteiger partial charge in [0.1, 0.15) is 42.0 Å². The molecule has 23 N–H and O–H groups in total. The van der Waals surface area contributed by atoms with Crippen molar-refractivity contribution in [2.45, 2.75) is 199 Å². The van der Waals surface area contributed by atoms with Crippen molar-refractivity contribution in [3.63, 3.8) is 0 Å². The maximum absolute atomic E-state index is 16.2. The summed E-state index contributed by atoms with van der Waals surface area (Å²) >= 11 is 0. The van der Waals surface area contributed by atoms with Gasteiger partial charge in [0.2, 0.25) is 47.3 Å². The number of rotatable bonds is 40. The van der Waals surface area contributed by atoms with Crippen molar-refractivity contribution in [3.8, 4) is 5.75 Å². The van der Waals surface area contributed by atoms with Crippen molar-refractivity contribution in [1.29, 1.82) is 5.41 Å². The van der Waals surface area contributed by atoms with E-state index in [0.29, 0.717) is 11.3 Å². The Bertz CT molecular complexity index is 2770. The number of imide groups is 2. The summed E-state index contributed by atoms with van der Waals surface area (Å²) < 4.78 is 0. The number of carbonyl (C=O) groups is 12. The summed E-state index contributed by atoms with van der Waals surface area (Å²) in [5.74, 6) is -20.6. The van der Waals surface area contributed by atoms with E-state index < -0.39 is 211 Å². The molecule has 0 aliphatic carbocycles. The average molecular weight is 1320 g/mol. The molecule has 0 aliphatic heterocycles. The van der Waals surface area contributed by atoms with Gasteiger partial charge < -0.3 is 91.2 Å². The Morgan fingerprint density at radius 3 is 1.73 bits per heavy atom. The van der Waals surface area contributed by atoms with E-state index in [1.54, 1.807) is 39.8 Å². The highest BCUT2D eigenvalue weighted by Crippen LogP contribution is 2.33. The number of ketones is 1. The third-order valence-electron chi connectivity index (χ3n) is 15.4. The smallest absolute Gasteiger partial charge is 0.329 e. The minimum absolute atomic E-state index is 0.0462. The number of likely N-dealkylation sites (N-methyl/N-ethyl adjacent to an activating group) is 1. The maximum atomic E-state index is 16.2. The zero-order valence-corrected chi connectivity index (χ0v) is 55.5. The molecule has 1 rings (SSSR count). The van der Waals surface area contributed by atoms with Gasteiger partial charge in [0.25, 0.3) is 11.8 Å². The van der Waals surface area contributed by atoms with E-state index >= 15 is 24.0 Å². The number of phenolic OH excluding ortho intramolecular Hbond substituents is 1. The molecule has 0 radical (unpaired) electrons. The van der Waals surface area contributed by atoms with Gasteiger partial charge in [-0.2, -0.15) is 0 Å². The number of Topliss-reactive ketones (excluding diaryl/α,β-unsaturated/α-hetero) is 1. The van der Waals surface area contributed by atoms with E-state index in [9.17, 15) is 64.2 Å². The number of carbonyl (C=O) groups excluding carboxylic acids is 11. The number of guanidine groups is 1. The van der Waals surface area contributed by atoms with Crippen LogP contribution >= 0.6 is 0 Å². The van der Waals surface area contributed by atoms with Crippen LogP contribution in [0.15, 0.2) is 24.3 Å². The molecule has 0 saturated heterocycles. The van der Waals surface area contributed by atoms with E-state index in [0.717, 1.165) is 6.92 Å². The third kappa shape index (κ3) is 24.2. The number of nitrogens with two attached hydrogens (primary N) is 5. The number of nitrogens with zero attached hydrogens (tertiary/aromatic N) is 3. The van der Waals surface area contributed by atoms with E-state index in [-0.39, 0.29) is 47.9 Å². The van der Waals surface area contributed by atoms with Gasteiger partial charge in [0, 0.05) is 6.54 Å². The van der Waals surface area contributed by atoms with Crippen LogP contribution in [-0.2, 0) is 64.0 Å². The van der Waals surface area contributed by atoms with Crippen LogP contribution in [0, 0.1) is 35.0 Å². The number of primary amides is 1. The molecule has 0 saturated carbocycles. The van der Waals surface area contributed by atoms with E-state index in [1.165, 1.54) is 58.9 Å². The molecule has 10 amide bonds. The van der Waals surface area contributed by atoms with Crippen LogP contribution in [0.1, 0.15) is 120 Å². The first-order chi connectivity index (χ1) is 43.0. The van der Waals surface area contributed by atoms with Crippen LogP contribution in [0.3, 0.4) is 0 Å². The molecule has 526 valence electrons. The number of benzene rings is 1. The molecule has 0 aliphatic rings. The van der Waals surface area contributed by atoms with Crippen molar-refractivity contribution in [3.05, 3.63) is 29.8 Å². The Labute approximate surface area is 542 Å². The number of aliphatic carboxylic acids is 1. The molecule has 93 heavy (non-hydrogen) atoms. The molecule has 1 aromatic carbocycles. The van der Waals surface area contributed by atoms with Crippen LogP contribution in [0.4, 0.5) is 0 Å². The minimum atomic E-state index is -3.15. The van der Waals surface area contributed by atoms with E-state index in [1.807, 2.05) is 19.2 Å². The van der Waals surface area contributed by atoms with Gasteiger partial charge >= 0.3 is 5.97 Å². The SMILES string of the molecule is CCC(C)[C@H](NC(=O)[C@@H](CCCNC(=N)N)NC(=O)[C@@](CC(C)C)(C(=O)[C@@H](N)Cc1cccc(O)c1)N(C(=O)[C@H](CC(C)C)NC(=O)[C@@H](CC(C)C)N(C)C)C(=O)[C@@H](N)[C@H](O)C(C)C)C(=O)N[C@H](C(=O)NCC(=O)N(C(=O)[C@@H](N)[C@H](O)C(N)=O)[C@@H](CO)C(=O)O)[C@H](C)O.